The second kappa shape index (κ2) is 9.73. The lowest BCUT2D eigenvalue weighted by molar-refractivity contribution is -0.125. The molecule has 0 bridgehead atoms. The number of thioether (sulfide) groups is 1. The molecule has 146 valence electrons. The van der Waals surface area contributed by atoms with Crippen molar-refractivity contribution < 1.29 is 13.2 Å². The molecular formula is C19H24N2O3S3. The number of rotatable bonds is 8. The van der Waals surface area contributed by atoms with Crippen molar-refractivity contribution in [2.75, 3.05) is 25.4 Å². The minimum Gasteiger partial charge on any atom is -0.355 e. The summed E-state index contributed by atoms with van der Waals surface area (Å²) in [5, 5.41) is 4.72. The SMILES string of the molecule is O=C(NCCSCc1ccccc1)[C@H]1CCCN(S(=O)(=O)c2cccs2)C1. The zero-order valence-electron chi connectivity index (χ0n) is 15.0. The summed E-state index contributed by atoms with van der Waals surface area (Å²) in [7, 11) is -3.48. The molecule has 0 saturated carbocycles. The third-order valence-electron chi connectivity index (χ3n) is 4.50. The Morgan fingerprint density at radius 3 is 2.78 bits per heavy atom. The van der Waals surface area contributed by atoms with Crippen molar-refractivity contribution in [3.63, 3.8) is 0 Å². The van der Waals surface area contributed by atoms with Gasteiger partial charge in [-0.2, -0.15) is 16.1 Å². The lowest BCUT2D eigenvalue weighted by Crippen LogP contribution is -2.45. The molecule has 1 N–H and O–H groups in total. The molecule has 1 aromatic heterocycles. The molecule has 1 amide bonds. The van der Waals surface area contributed by atoms with Crippen LogP contribution in [0, 0.1) is 5.92 Å². The van der Waals surface area contributed by atoms with Crippen LogP contribution >= 0.6 is 23.1 Å². The van der Waals surface area contributed by atoms with Gasteiger partial charge in [0, 0.05) is 31.1 Å². The molecule has 2 heterocycles. The Labute approximate surface area is 169 Å². The summed E-state index contributed by atoms with van der Waals surface area (Å²) in [6.07, 6.45) is 1.45. The summed E-state index contributed by atoms with van der Waals surface area (Å²) in [6.45, 7) is 1.35. The summed E-state index contributed by atoms with van der Waals surface area (Å²) >= 11 is 3.00. The number of nitrogens with one attached hydrogen (secondary N) is 1. The van der Waals surface area contributed by atoms with Gasteiger partial charge in [0.25, 0.3) is 10.0 Å². The molecule has 1 atom stereocenters. The van der Waals surface area contributed by atoms with Crippen LogP contribution in [-0.2, 0) is 20.6 Å². The predicted molar refractivity (Wildman–Crippen MR) is 111 cm³/mol. The average Bonchev–Trinajstić information content (AvgIpc) is 3.24. The molecule has 0 radical (unpaired) electrons. The summed E-state index contributed by atoms with van der Waals surface area (Å²) in [5.41, 5.74) is 1.27. The molecule has 1 saturated heterocycles. The highest BCUT2D eigenvalue weighted by Crippen LogP contribution is 2.26. The molecule has 1 aliphatic heterocycles. The van der Waals surface area contributed by atoms with E-state index < -0.39 is 10.0 Å². The van der Waals surface area contributed by atoms with Crippen LogP contribution in [0.2, 0.25) is 0 Å². The predicted octanol–water partition coefficient (Wildman–Crippen LogP) is 3.20. The monoisotopic (exact) mass is 424 g/mol. The van der Waals surface area contributed by atoms with Crippen molar-refractivity contribution in [3.05, 3.63) is 53.4 Å². The first-order valence-electron chi connectivity index (χ1n) is 9.00. The molecule has 1 fully saturated rings. The maximum atomic E-state index is 12.7. The average molecular weight is 425 g/mol. The molecule has 3 rings (SSSR count). The van der Waals surface area contributed by atoms with E-state index in [9.17, 15) is 13.2 Å². The van der Waals surface area contributed by atoms with E-state index >= 15 is 0 Å². The number of amides is 1. The van der Waals surface area contributed by atoms with Crippen LogP contribution in [-0.4, -0.2) is 44.0 Å². The Kier molecular flexibility index (Phi) is 7.34. The van der Waals surface area contributed by atoms with Gasteiger partial charge in [0.05, 0.1) is 5.92 Å². The molecule has 0 unspecified atom stereocenters. The Morgan fingerprint density at radius 2 is 2.04 bits per heavy atom. The number of thiophene rings is 1. The van der Waals surface area contributed by atoms with Crippen LogP contribution in [0.15, 0.2) is 52.1 Å². The quantitative estimate of drug-likeness (QED) is 0.661. The van der Waals surface area contributed by atoms with Crippen molar-refractivity contribution in [2.45, 2.75) is 22.8 Å². The van der Waals surface area contributed by atoms with Crippen LogP contribution in [0.4, 0.5) is 0 Å². The minimum atomic E-state index is -3.48. The van der Waals surface area contributed by atoms with Crippen molar-refractivity contribution in [2.24, 2.45) is 5.92 Å². The van der Waals surface area contributed by atoms with Crippen molar-refractivity contribution in [1.29, 1.82) is 0 Å². The zero-order valence-corrected chi connectivity index (χ0v) is 17.5. The van der Waals surface area contributed by atoms with Gasteiger partial charge < -0.3 is 5.32 Å². The van der Waals surface area contributed by atoms with Crippen LogP contribution in [0.25, 0.3) is 0 Å². The fourth-order valence-electron chi connectivity index (χ4n) is 3.07. The van der Waals surface area contributed by atoms with Gasteiger partial charge in [0.2, 0.25) is 5.91 Å². The van der Waals surface area contributed by atoms with E-state index in [0.717, 1.165) is 17.9 Å². The summed E-state index contributed by atoms with van der Waals surface area (Å²) in [6, 6.07) is 13.6. The van der Waals surface area contributed by atoms with E-state index in [1.54, 1.807) is 29.3 Å². The van der Waals surface area contributed by atoms with Gasteiger partial charge in [-0.05, 0) is 29.9 Å². The number of benzene rings is 1. The number of nitrogens with zero attached hydrogens (tertiary/aromatic N) is 1. The van der Waals surface area contributed by atoms with E-state index in [1.165, 1.54) is 21.2 Å². The van der Waals surface area contributed by atoms with Crippen LogP contribution in [0.1, 0.15) is 18.4 Å². The van der Waals surface area contributed by atoms with Crippen molar-refractivity contribution >= 4 is 39.0 Å². The smallest absolute Gasteiger partial charge is 0.252 e. The highest BCUT2D eigenvalue weighted by Gasteiger charge is 2.33. The van der Waals surface area contributed by atoms with Crippen molar-refractivity contribution in [3.8, 4) is 0 Å². The van der Waals surface area contributed by atoms with E-state index in [2.05, 4.69) is 17.4 Å². The van der Waals surface area contributed by atoms with Gasteiger partial charge in [0.1, 0.15) is 4.21 Å². The molecule has 8 heteroatoms. The third-order valence-corrected chi connectivity index (χ3v) is 8.77. The molecule has 27 heavy (non-hydrogen) atoms. The molecule has 0 spiro atoms. The van der Waals surface area contributed by atoms with E-state index in [1.807, 2.05) is 18.2 Å². The lowest BCUT2D eigenvalue weighted by Gasteiger charge is -2.30. The summed E-state index contributed by atoms with van der Waals surface area (Å²) < 4.78 is 27.1. The summed E-state index contributed by atoms with van der Waals surface area (Å²) in [4.78, 5) is 12.5. The molecule has 0 aliphatic carbocycles. The second-order valence-electron chi connectivity index (χ2n) is 6.46. The van der Waals surface area contributed by atoms with Crippen LogP contribution in [0.3, 0.4) is 0 Å². The molecule has 5 nitrogen and oxygen atoms in total. The normalized spacial score (nSPS) is 18.3. The number of hydrogen-bond acceptors (Lipinski definition) is 5. The fourth-order valence-corrected chi connectivity index (χ4v) is 6.55. The standard InChI is InChI=1S/C19H24N2O3S3/c22-19(20-10-13-25-15-16-6-2-1-3-7-16)17-8-4-11-21(14-17)27(23,24)18-9-5-12-26-18/h1-3,5-7,9,12,17H,4,8,10-11,13-15H2,(H,20,22)/t17-/m0/s1. The largest absolute Gasteiger partial charge is 0.355 e. The van der Waals surface area contributed by atoms with Crippen LogP contribution < -0.4 is 5.32 Å². The number of carbonyl (C=O) groups excluding carboxylic acids is 1. The lowest BCUT2D eigenvalue weighted by atomic mass is 9.99. The number of sulfonamides is 1. The van der Waals surface area contributed by atoms with E-state index in [0.29, 0.717) is 23.7 Å². The maximum Gasteiger partial charge on any atom is 0.252 e. The highest BCUT2D eigenvalue weighted by atomic mass is 32.2. The van der Waals surface area contributed by atoms with Gasteiger partial charge >= 0.3 is 0 Å². The van der Waals surface area contributed by atoms with E-state index in [4.69, 9.17) is 0 Å². The van der Waals surface area contributed by atoms with Gasteiger partial charge in [-0.15, -0.1) is 11.3 Å². The Hall–Kier alpha value is -1.35. The van der Waals surface area contributed by atoms with Crippen molar-refractivity contribution in [1.82, 2.24) is 9.62 Å². The molecule has 2 aromatic rings. The number of carbonyl (C=O) groups is 1. The molecule has 1 aliphatic rings. The van der Waals surface area contributed by atoms with Crippen LogP contribution in [0.5, 0.6) is 0 Å². The van der Waals surface area contributed by atoms with E-state index in [-0.39, 0.29) is 18.4 Å². The Balaban J connectivity index is 1.43. The number of piperidine rings is 1. The van der Waals surface area contributed by atoms with Gasteiger partial charge in [-0.25, -0.2) is 8.42 Å². The van der Waals surface area contributed by atoms with Gasteiger partial charge in [0.15, 0.2) is 0 Å². The number of hydrogen-bond donors (Lipinski definition) is 1. The summed E-state index contributed by atoms with van der Waals surface area (Å²) in [5.74, 6) is 1.45. The first-order valence-corrected chi connectivity index (χ1v) is 12.5. The Bertz CT molecular complexity index is 823. The first-order chi connectivity index (χ1) is 13.1. The maximum absolute atomic E-state index is 12.7. The highest BCUT2D eigenvalue weighted by molar-refractivity contribution is 7.98. The second-order valence-corrected chi connectivity index (χ2v) is 10.7. The Morgan fingerprint density at radius 1 is 1.22 bits per heavy atom. The third kappa shape index (κ3) is 5.57. The molecule has 1 aromatic carbocycles. The zero-order chi connectivity index (χ0) is 19.1. The minimum absolute atomic E-state index is 0.0404. The topological polar surface area (TPSA) is 66.5 Å². The first kappa shape index (κ1) is 20.4. The molecular weight excluding hydrogens is 400 g/mol. The fraction of sp³-hybridized carbons (Fsp3) is 0.421. The van der Waals surface area contributed by atoms with Gasteiger partial charge in [-0.3, -0.25) is 4.79 Å². The van der Waals surface area contributed by atoms with Gasteiger partial charge in [-0.1, -0.05) is 36.4 Å².